The number of carbonyl (C=O) groups is 3. The second-order valence-corrected chi connectivity index (χ2v) is 10.1. The van der Waals surface area contributed by atoms with Crippen molar-refractivity contribution >= 4 is 17.9 Å². The Bertz CT molecular complexity index is 1400. The van der Waals surface area contributed by atoms with Crippen molar-refractivity contribution in [3.8, 4) is 0 Å². The van der Waals surface area contributed by atoms with Crippen LogP contribution in [0.15, 0.2) is 73.6 Å². The van der Waals surface area contributed by atoms with Gasteiger partial charge >= 0.3 is 17.9 Å². The zero-order valence-electron chi connectivity index (χ0n) is 24.1. The molecular formula is C33H36N3O6+3. The molecule has 42 heavy (non-hydrogen) atoms. The number of nitrogens with zero attached hydrogens (tertiary/aromatic N) is 3. The first kappa shape index (κ1) is 30.0. The summed E-state index contributed by atoms with van der Waals surface area (Å²) in [5.74, 6) is -2.92. The predicted molar refractivity (Wildman–Crippen MR) is 153 cm³/mol. The van der Waals surface area contributed by atoms with Crippen LogP contribution in [-0.2, 0) is 38.9 Å². The Kier molecular flexibility index (Phi) is 9.42. The molecule has 0 radical (unpaired) electrons. The van der Waals surface area contributed by atoms with Gasteiger partial charge in [-0.2, -0.15) is 0 Å². The van der Waals surface area contributed by atoms with Crippen molar-refractivity contribution in [3.05, 3.63) is 124 Å². The third-order valence-corrected chi connectivity index (χ3v) is 7.68. The van der Waals surface area contributed by atoms with E-state index in [-0.39, 0.29) is 16.7 Å². The molecule has 3 heterocycles. The lowest BCUT2D eigenvalue weighted by atomic mass is 9.83. The van der Waals surface area contributed by atoms with Gasteiger partial charge in [-0.1, -0.05) is 20.8 Å². The second-order valence-electron chi connectivity index (χ2n) is 10.1. The first-order chi connectivity index (χ1) is 20.2. The minimum Gasteiger partial charge on any atom is -0.478 e. The summed E-state index contributed by atoms with van der Waals surface area (Å²) in [5.41, 5.74) is 7.89. The van der Waals surface area contributed by atoms with Gasteiger partial charge in [0.2, 0.25) is 0 Å². The van der Waals surface area contributed by atoms with Crippen molar-refractivity contribution < 1.29 is 43.4 Å². The van der Waals surface area contributed by atoms with Crippen LogP contribution in [0.2, 0.25) is 0 Å². The van der Waals surface area contributed by atoms with E-state index in [2.05, 4.69) is 20.8 Å². The molecule has 9 nitrogen and oxygen atoms in total. The molecule has 1 aromatic carbocycles. The maximum Gasteiger partial charge on any atom is 0.336 e. The summed E-state index contributed by atoms with van der Waals surface area (Å²) in [5, 5.41) is 28.1. The third kappa shape index (κ3) is 6.52. The van der Waals surface area contributed by atoms with Gasteiger partial charge in [-0.15, -0.1) is 0 Å². The number of aromatic nitrogens is 3. The van der Waals surface area contributed by atoms with Gasteiger partial charge in [0.25, 0.3) is 0 Å². The molecule has 0 unspecified atom stereocenters. The minimum absolute atomic E-state index is 0.225. The SMILES string of the molecule is CCc1c(C[n+]2ccc(C(=O)O)cc2)c(CC)c(C[n+]2ccc(C(=O)O)cc2)c(CC)c1C[n+]1ccc(C(=O)O)cc1. The van der Waals surface area contributed by atoms with Crippen molar-refractivity contribution in [2.45, 2.75) is 59.7 Å². The number of benzene rings is 1. The Morgan fingerprint density at radius 3 is 0.833 bits per heavy atom. The third-order valence-electron chi connectivity index (χ3n) is 7.68. The molecule has 0 atom stereocenters. The van der Waals surface area contributed by atoms with Crippen LogP contribution in [0, 0.1) is 0 Å². The van der Waals surface area contributed by atoms with Gasteiger partial charge in [0, 0.05) is 53.1 Å². The van der Waals surface area contributed by atoms with E-state index >= 15 is 0 Å². The normalized spacial score (nSPS) is 10.9. The number of carboxylic acid groups (broad SMARTS) is 3. The average Bonchev–Trinajstić information content (AvgIpc) is 2.98. The monoisotopic (exact) mass is 570 g/mol. The molecule has 0 amide bonds. The highest BCUT2D eigenvalue weighted by molar-refractivity contribution is 5.87. The van der Waals surface area contributed by atoms with Gasteiger partial charge in [0.15, 0.2) is 56.8 Å². The Labute approximate surface area is 244 Å². The summed E-state index contributed by atoms with van der Waals surface area (Å²) < 4.78 is 5.97. The molecule has 0 bridgehead atoms. The fraction of sp³-hybridized carbons (Fsp3) is 0.273. The molecule has 0 spiro atoms. The van der Waals surface area contributed by atoms with E-state index in [0.717, 1.165) is 19.3 Å². The second kappa shape index (κ2) is 13.2. The van der Waals surface area contributed by atoms with Crippen molar-refractivity contribution in [1.82, 2.24) is 0 Å². The number of hydrogen-bond donors (Lipinski definition) is 3. The molecule has 9 heteroatoms. The van der Waals surface area contributed by atoms with Gasteiger partial charge in [-0.05, 0) is 36.0 Å². The highest BCUT2D eigenvalue weighted by atomic mass is 16.4. The van der Waals surface area contributed by atoms with E-state index in [9.17, 15) is 29.7 Å². The van der Waals surface area contributed by atoms with Gasteiger partial charge in [-0.3, -0.25) is 0 Å². The summed E-state index contributed by atoms with van der Waals surface area (Å²) >= 11 is 0. The van der Waals surface area contributed by atoms with Crippen LogP contribution in [0.4, 0.5) is 0 Å². The molecule has 4 rings (SSSR count). The van der Waals surface area contributed by atoms with E-state index in [4.69, 9.17) is 0 Å². The van der Waals surface area contributed by atoms with E-state index < -0.39 is 17.9 Å². The van der Waals surface area contributed by atoms with Gasteiger partial charge in [0.1, 0.15) is 0 Å². The van der Waals surface area contributed by atoms with Gasteiger partial charge < -0.3 is 15.3 Å². The number of pyridine rings is 3. The molecule has 0 saturated heterocycles. The van der Waals surface area contributed by atoms with Crippen molar-refractivity contribution in [3.63, 3.8) is 0 Å². The highest BCUT2D eigenvalue weighted by Crippen LogP contribution is 2.31. The van der Waals surface area contributed by atoms with Crippen molar-refractivity contribution in [2.75, 3.05) is 0 Å². The minimum atomic E-state index is -0.973. The quantitative estimate of drug-likeness (QED) is 0.224. The number of carboxylic acids is 3. The predicted octanol–water partition coefficient (Wildman–Crippen LogP) is 3.48. The number of aromatic carboxylic acids is 3. The summed E-state index contributed by atoms with van der Waals surface area (Å²) in [4.78, 5) is 34.2. The lowest BCUT2D eigenvalue weighted by Crippen LogP contribution is -2.39. The van der Waals surface area contributed by atoms with Crippen LogP contribution < -0.4 is 13.7 Å². The van der Waals surface area contributed by atoms with E-state index in [1.165, 1.54) is 33.4 Å². The van der Waals surface area contributed by atoms with Gasteiger partial charge in [-0.25, -0.2) is 28.1 Å². The maximum atomic E-state index is 11.4. The highest BCUT2D eigenvalue weighted by Gasteiger charge is 2.27. The van der Waals surface area contributed by atoms with Crippen LogP contribution in [0.3, 0.4) is 0 Å². The maximum absolute atomic E-state index is 11.4. The van der Waals surface area contributed by atoms with Crippen LogP contribution in [0.5, 0.6) is 0 Å². The molecule has 3 aromatic heterocycles. The lowest BCUT2D eigenvalue weighted by molar-refractivity contribution is -0.690. The number of rotatable bonds is 12. The molecule has 0 aliphatic carbocycles. The summed E-state index contributed by atoms with van der Waals surface area (Å²) in [6, 6.07) is 9.59. The summed E-state index contributed by atoms with van der Waals surface area (Å²) in [6.45, 7) is 8.08. The summed E-state index contributed by atoms with van der Waals surface area (Å²) in [7, 11) is 0. The van der Waals surface area contributed by atoms with Crippen molar-refractivity contribution in [1.29, 1.82) is 0 Å². The first-order valence-corrected chi connectivity index (χ1v) is 14.0. The van der Waals surface area contributed by atoms with E-state index in [1.807, 2.05) is 13.7 Å². The zero-order valence-corrected chi connectivity index (χ0v) is 24.1. The Morgan fingerprint density at radius 1 is 0.452 bits per heavy atom. The topological polar surface area (TPSA) is 124 Å². The molecule has 0 fully saturated rings. The van der Waals surface area contributed by atoms with Crippen LogP contribution in [0.25, 0.3) is 0 Å². The van der Waals surface area contributed by atoms with Crippen LogP contribution in [0.1, 0.15) is 85.2 Å². The van der Waals surface area contributed by atoms with Gasteiger partial charge in [0.05, 0.1) is 16.7 Å². The largest absolute Gasteiger partial charge is 0.478 e. The fourth-order valence-electron chi connectivity index (χ4n) is 5.61. The Morgan fingerprint density at radius 2 is 0.667 bits per heavy atom. The first-order valence-electron chi connectivity index (χ1n) is 14.0. The van der Waals surface area contributed by atoms with Crippen LogP contribution in [-0.4, -0.2) is 33.2 Å². The smallest absolute Gasteiger partial charge is 0.336 e. The Balaban J connectivity index is 1.90. The van der Waals surface area contributed by atoms with Crippen molar-refractivity contribution in [2.24, 2.45) is 0 Å². The fourth-order valence-corrected chi connectivity index (χ4v) is 5.61. The molecule has 0 saturated carbocycles. The molecule has 4 aromatic rings. The van der Waals surface area contributed by atoms with E-state index in [0.29, 0.717) is 19.6 Å². The van der Waals surface area contributed by atoms with Crippen LogP contribution >= 0.6 is 0 Å². The molecule has 0 aliphatic rings. The standard InChI is InChI=1S/C33H33N3O6/c1-4-25-28(19-34-13-7-22(8-14-34)31(37)38)26(5-2)30(21-36-17-11-24(12-18-36)33(41)42)27(6-3)29(25)20-35-15-9-23(10-16-35)32(39)40/h7-18H,4-6,19-21H2,1-3H3/p+3. The molecular weight excluding hydrogens is 534 g/mol. The molecule has 216 valence electrons. The summed E-state index contributed by atoms with van der Waals surface area (Å²) in [6.07, 6.45) is 13.1. The number of hydrogen-bond acceptors (Lipinski definition) is 3. The van der Waals surface area contributed by atoms with E-state index in [1.54, 1.807) is 73.6 Å². The average molecular weight is 571 g/mol. The molecule has 3 N–H and O–H groups in total. The zero-order chi connectivity index (χ0) is 30.4. The Hall–Kier alpha value is -4.92. The lowest BCUT2D eigenvalue weighted by Gasteiger charge is -2.22. The molecule has 0 aliphatic heterocycles.